The quantitative estimate of drug-likeness (QED) is 0.839. The summed E-state index contributed by atoms with van der Waals surface area (Å²) >= 11 is 16.5. The SMILES string of the molecule is CC(CC(N)=S)NC(=O)c1cccc(Cl)c1Cl. The van der Waals surface area contributed by atoms with Gasteiger partial charge in [0.05, 0.1) is 20.6 Å². The van der Waals surface area contributed by atoms with Crippen molar-refractivity contribution in [2.24, 2.45) is 5.73 Å². The highest BCUT2D eigenvalue weighted by Crippen LogP contribution is 2.25. The molecule has 0 heterocycles. The van der Waals surface area contributed by atoms with Crippen molar-refractivity contribution in [3.8, 4) is 0 Å². The highest BCUT2D eigenvalue weighted by molar-refractivity contribution is 7.80. The lowest BCUT2D eigenvalue weighted by Gasteiger charge is -2.13. The van der Waals surface area contributed by atoms with E-state index in [9.17, 15) is 4.79 Å². The van der Waals surface area contributed by atoms with Crippen molar-refractivity contribution in [1.82, 2.24) is 5.32 Å². The summed E-state index contributed by atoms with van der Waals surface area (Å²) in [5, 5.41) is 3.34. The lowest BCUT2D eigenvalue weighted by Crippen LogP contribution is -2.35. The predicted molar refractivity (Wildman–Crippen MR) is 74.8 cm³/mol. The molecule has 1 aromatic rings. The molecule has 0 fully saturated rings. The highest BCUT2D eigenvalue weighted by Gasteiger charge is 2.14. The van der Waals surface area contributed by atoms with Crippen LogP contribution in [0.15, 0.2) is 18.2 Å². The van der Waals surface area contributed by atoms with E-state index in [1.54, 1.807) is 18.2 Å². The topological polar surface area (TPSA) is 55.1 Å². The maximum Gasteiger partial charge on any atom is 0.253 e. The van der Waals surface area contributed by atoms with Gasteiger partial charge in [0, 0.05) is 12.5 Å². The van der Waals surface area contributed by atoms with Crippen molar-refractivity contribution in [3.05, 3.63) is 33.8 Å². The Morgan fingerprint density at radius 1 is 1.53 bits per heavy atom. The van der Waals surface area contributed by atoms with E-state index in [0.29, 0.717) is 22.0 Å². The van der Waals surface area contributed by atoms with Crippen molar-refractivity contribution < 1.29 is 4.79 Å². The Bertz CT molecular complexity index is 451. The minimum Gasteiger partial charge on any atom is -0.393 e. The lowest BCUT2D eigenvalue weighted by atomic mass is 10.1. The van der Waals surface area contributed by atoms with Crippen molar-refractivity contribution in [3.63, 3.8) is 0 Å². The first-order chi connectivity index (χ1) is 7.91. The maximum absolute atomic E-state index is 11.9. The van der Waals surface area contributed by atoms with Gasteiger partial charge in [0.15, 0.2) is 0 Å². The summed E-state index contributed by atoms with van der Waals surface area (Å²) in [6.45, 7) is 1.81. The summed E-state index contributed by atoms with van der Waals surface area (Å²) < 4.78 is 0. The fourth-order valence-corrected chi connectivity index (χ4v) is 1.97. The molecule has 0 bridgehead atoms. The molecule has 3 N–H and O–H groups in total. The fraction of sp³-hybridized carbons (Fsp3) is 0.273. The molecule has 0 spiro atoms. The van der Waals surface area contributed by atoms with Gasteiger partial charge in [-0.05, 0) is 19.1 Å². The molecule has 1 rings (SSSR count). The number of benzene rings is 1. The van der Waals surface area contributed by atoms with Gasteiger partial charge >= 0.3 is 0 Å². The van der Waals surface area contributed by atoms with Crippen LogP contribution in [0.25, 0.3) is 0 Å². The molecule has 0 aliphatic heterocycles. The van der Waals surface area contributed by atoms with Gasteiger partial charge in [0.25, 0.3) is 5.91 Å². The number of nitrogens with two attached hydrogens (primary N) is 1. The van der Waals surface area contributed by atoms with E-state index in [1.165, 1.54) is 0 Å². The summed E-state index contributed by atoms with van der Waals surface area (Å²) in [7, 11) is 0. The molecule has 0 saturated carbocycles. The minimum atomic E-state index is -0.291. The molecular weight excluding hydrogens is 279 g/mol. The summed E-state index contributed by atoms with van der Waals surface area (Å²) in [4.78, 5) is 12.2. The smallest absolute Gasteiger partial charge is 0.253 e. The van der Waals surface area contributed by atoms with Crippen LogP contribution in [-0.2, 0) is 0 Å². The van der Waals surface area contributed by atoms with Gasteiger partial charge < -0.3 is 11.1 Å². The average molecular weight is 291 g/mol. The predicted octanol–water partition coefficient (Wildman–Crippen LogP) is 2.79. The van der Waals surface area contributed by atoms with Crippen LogP contribution in [0, 0.1) is 0 Å². The van der Waals surface area contributed by atoms with Crippen LogP contribution in [0.1, 0.15) is 23.7 Å². The van der Waals surface area contributed by atoms with Gasteiger partial charge in [-0.25, -0.2) is 0 Å². The normalized spacial score (nSPS) is 11.9. The summed E-state index contributed by atoms with van der Waals surface area (Å²) in [5.41, 5.74) is 5.74. The van der Waals surface area contributed by atoms with Gasteiger partial charge in [-0.15, -0.1) is 0 Å². The molecular formula is C11H12Cl2N2OS. The highest BCUT2D eigenvalue weighted by atomic mass is 35.5. The van der Waals surface area contributed by atoms with Crippen LogP contribution < -0.4 is 11.1 Å². The number of hydrogen-bond donors (Lipinski definition) is 2. The first kappa shape index (κ1) is 14.2. The Labute approximate surface area is 115 Å². The Balaban J connectivity index is 2.77. The molecule has 3 nitrogen and oxygen atoms in total. The van der Waals surface area contributed by atoms with Crippen molar-refractivity contribution in [2.45, 2.75) is 19.4 Å². The van der Waals surface area contributed by atoms with Gasteiger partial charge in [-0.1, -0.05) is 41.5 Å². The molecule has 0 aliphatic carbocycles. The van der Waals surface area contributed by atoms with Gasteiger partial charge in [-0.2, -0.15) is 0 Å². The summed E-state index contributed by atoms with van der Waals surface area (Å²) in [6.07, 6.45) is 0.444. The monoisotopic (exact) mass is 290 g/mol. The van der Waals surface area contributed by atoms with Crippen molar-refractivity contribution in [2.75, 3.05) is 0 Å². The van der Waals surface area contributed by atoms with E-state index >= 15 is 0 Å². The number of rotatable bonds is 4. The van der Waals surface area contributed by atoms with Crippen LogP contribution in [-0.4, -0.2) is 16.9 Å². The number of thiocarbonyl (C=S) groups is 1. The van der Waals surface area contributed by atoms with Gasteiger partial charge in [0.1, 0.15) is 0 Å². The third kappa shape index (κ3) is 4.15. The second-order valence-electron chi connectivity index (χ2n) is 3.65. The zero-order valence-corrected chi connectivity index (χ0v) is 11.5. The maximum atomic E-state index is 11.9. The van der Waals surface area contributed by atoms with Crippen LogP contribution in [0.5, 0.6) is 0 Å². The standard InChI is InChI=1S/C11H12Cl2N2OS/c1-6(5-9(14)17)15-11(16)7-3-2-4-8(12)10(7)13/h2-4,6H,5H2,1H3,(H2,14,17)(H,15,16). The molecule has 0 aromatic heterocycles. The largest absolute Gasteiger partial charge is 0.393 e. The number of amides is 1. The number of carbonyl (C=O) groups is 1. The third-order valence-corrected chi connectivity index (χ3v) is 3.07. The van der Waals surface area contributed by atoms with Crippen molar-refractivity contribution in [1.29, 1.82) is 0 Å². The van der Waals surface area contributed by atoms with Gasteiger partial charge in [0.2, 0.25) is 0 Å². The zero-order chi connectivity index (χ0) is 13.0. The zero-order valence-electron chi connectivity index (χ0n) is 9.17. The molecule has 0 aliphatic rings. The van der Waals surface area contributed by atoms with E-state index < -0.39 is 0 Å². The molecule has 0 saturated heterocycles. The molecule has 1 atom stereocenters. The first-order valence-corrected chi connectivity index (χ1v) is 6.11. The van der Waals surface area contributed by atoms with Crippen LogP contribution in [0.3, 0.4) is 0 Å². The van der Waals surface area contributed by atoms with E-state index in [0.717, 1.165) is 0 Å². The van der Waals surface area contributed by atoms with E-state index in [4.69, 9.17) is 41.2 Å². The van der Waals surface area contributed by atoms with Crippen LogP contribution >= 0.6 is 35.4 Å². The average Bonchev–Trinajstić information content (AvgIpc) is 2.20. The Morgan fingerprint density at radius 3 is 2.76 bits per heavy atom. The molecule has 1 aromatic carbocycles. The van der Waals surface area contributed by atoms with E-state index in [-0.39, 0.29) is 17.0 Å². The molecule has 92 valence electrons. The fourth-order valence-electron chi connectivity index (χ4n) is 1.33. The Morgan fingerprint density at radius 2 is 2.18 bits per heavy atom. The number of halogens is 2. The molecule has 6 heteroatoms. The first-order valence-electron chi connectivity index (χ1n) is 4.95. The van der Waals surface area contributed by atoms with Crippen LogP contribution in [0.4, 0.5) is 0 Å². The van der Waals surface area contributed by atoms with Crippen molar-refractivity contribution >= 4 is 46.3 Å². The molecule has 0 radical (unpaired) electrons. The summed E-state index contributed by atoms with van der Waals surface area (Å²) in [6, 6.07) is 4.76. The molecule has 1 unspecified atom stereocenters. The van der Waals surface area contributed by atoms with E-state index in [1.807, 2.05) is 6.92 Å². The van der Waals surface area contributed by atoms with Crippen LogP contribution in [0.2, 0.25) is 10.0 Å². The molecule has 17 heavy (non-hydrogen) atoms. The van der Waals surface area contributed by atoms with Gasteiger partial charge in [-0.3, -0.25) is 4.79 Å². The molecule has 1 amide bonds. The Hall–Kier alpha value is -0.840. The second-order valence-corrected chi connectivity index (χ2v) is 4.96. The number of carbonyl (C=O) groups excluding carboxylic acids is 1. The Kier molecular flexibility index (Phi) is 5.18. The van der Waals surface area contributed by atoms with E-state index in [2.05, 4.69) is 5.32 Å². The lowest BCUT2D eigenvalue weighted by molar-refractivity contribution is 0.0941. The second kappa shape index (κ2) is 6.19. The minimum absolute atomic E-state index is 0.143. The third-order valence-electron chi connectivity index (χ3n) is 2.08. The number of hydrogen-bond acceptors (Lipinski definition) is 2. The number of nitrogens with one attached hydrogen (secondary N) is 1. The summed E-state index contributed by atoms with van der Waals surface area (Å²) in [5.74, 6) is -0.291.